The van der Waals surface area contributed by atoms with Crippen molar-refractivity contribution in [3.8, 4) is 5.75 Å². The van der Waals surface area contributed by atoms with Crippen LogP contribution in [-0.4, -0.2) is 54.4 Å². The molecule has 1 atom stereocenters. The highest BCUT2D eigenvalue weighted by molar-refractivity contribution is 7.99. The van der Waals surface area contributed by atoms with Crippen LogP contribution >= 0.6 is 11.8 Å². The molecule has 0 bridgehead atoms. The van der Waals surface area contributed by atoms with Crippen LogP contribution in [0, 0.1) is 5.82 Å². The molecule has 0 aliphatic heterocycles. The smallest absolute Gasteiger partial charge is 0.244 e. The van der Waals surface area contributed by atoms with Gasteiger partial charge >= 0.3 is 0 Å². The number of aliphatic hydroxyl groups is 1. The first-order valence-corrected chi connectivity index (χ1v) is 12.4. The van der Waals surface area contributed by atoms with Gasteiger partial charge in [0.2, 0.25) is 10.0 Å². The SMILES string of the molecule is CN(C1CCCCC1)S(=O)(=O)c1ccc(SC[C@H](O)COc2ccc(F)cc2)nc1. The van der Waals surface area contributed by atoms with Crippen molar-refractivity contribution in [3.05, 3.63) is 48.4 Å². The van der Waals surface area contributed by atoms with Crippen molar-refractivity contribution in [1.29, 1.82) is 0 Å². The lowest BCUT2D eigenvalue weighted by Gasteiger charge is -2.30. The van der Waals surface area contributed by atoms with Crippen molar-refractivity contribution in [2.75, 3.05) is 19.4 Å². The third-order valence-corrected chi connectivity index (χ3v) is 8.14. The Hall–Kier alpha value is -1.68. The van der Waals surface area contributed by atoms with Gasteiger partial charge in [-0.3, -0.25) is 0 Å². The Morgan fingerprint density at radius 1 is 1.20 bits per heavy atom. The molecule has 0 radical (unpaired) electrons. The van der Waals surface area contributed by atoms with Crippen LogP contribution in [0.15, 0.2) is 52.5 Å². The van der Waals surface area contributed by atoms with E-state index < -0.39 is 16.1 Å². The quantitative estimate of drug-likeness (QED) is 0.582. The molecule has 1 aromatic carbocycles. The molecule has 0 spiro atoms. The predicted octanol–water partition coefficient (Wildman–Crippen LogP) is 3.71. The minimum Gasteiger partial charge on any atom is -0.491 e. The maximum absolute atomic E-state index is 12.9. The van der Waals surface area contributed by atoms with E-state index in [-0.39, 0.29) is 23.4 Å². The zero-order chi connectivity index (χ0) is 21.6. The molecule has 1 N–H and O–H groups in total. The largest absolute Gasteiger partial charge is 0.491 e. The van der Waals surface area contributed by atoms with E-state index in [1.165, 1.54) is 53.0 Å². The van der Waals surface area contributed by atoms with E-state index in [0.717, 1.165) is 25.7 Å². The van der Waals surface area contributed by atoms with Crippen LogP contribution in [-0.2, 0) is 10.0 Å². The van der Waals surface area contributed by atoms with Crippen LogP contribution in [0.25, 0.3) is 0 Å². The fraction of sp³-hybridized carbons (Fsp3) is 0.476. The second-order valence-corrected chi connectivity index (χ2v) is 10.4. The summed E-state index contributed by atoms with van der Waals surface area (Å²) in [6.07, 6.45) is 5.71. The normalized spacial score (nSPS) is 16.5. The Morgan fingerprint density at radius 3 is 2.53 bits per heavy atom. The van der Waals surface area contributed by atoms with Crippen LogP contribution in [0.3, 0.4) is 0 Å². The lowest BCUT2D eigenvalue weighted by atomic mass is 9.96. The van der Waals surface area contributed by atoms with Gasteiger partial charge in [0.05, 0.1) is 11.1 Å². The molecular formula is C21H27FN2O4S2. The van der Waals surface area contributed by atoms with Gasteiger partial charge in [-0.1, -0.05) is 19.3 Å². The van der Waals surface area contributed by atoms with Crippen LogP contribution in [0.4, 0.5) is 4.39 Å². The summed E-state index contributed by atoms with van der Waals surface area (Å²) >= 11 is 1.31. The summed E-state index contributed by atoms with van der Waals surface area (Å²) in [5.41, 5.74) is 0. The summed E-state index contributed by atoms with van der Waals surface area (Å²) in [6.45, 7) is 0.0667. The number of aliphatic hydroxyl groups excluding tert-OH is 1. The minimum absolute atomic E-state index is 0.0501. The number of halogens is 1. The van der Waals surface area contributed by atoms with E-state index in [0.29, 0.717) is 16.5 Å². The lowest BCUT2D eigenvalue weighted by molar-refractivity contribution is 0.126. The number of aromatic nitrogens is 1. The maximum atomic E-state index is 12.9. The van der Waals surface area contributed by atoms with Crippen LogP contribution < -0.4 is 4.74 Å². The molecule has 0 saturated heterocycles. The molecular weight excluding hydrogens is 427 g/mol. The summed E-state index contributed by atoms with van der Waals surface area (Å²) in [7, 11) is -1.92. The summed E-state index contributed by atoms with van der Waals surface area (Å²) in [5, 5.41) is 10.7. The molecule has 0 unspecified atom stereocenters. The van der Waals surface area contributed by atoms with Gasteiger partial charge in [-0.05, 0) is 49.2 Å². The Balaban J connectivity index is 1.50. The number of pyridine rings is 1. The molecule has 2 aromatic rings. The topological polar surface area (TPSA) is 79.7 Å². The molecule has 0 amide bonds. The molecule has 1 saturated carbocycles. The first-order chi connectivity index (χ1) is 14.4. The fourth-order valence-corrected chi connectivity index (χ4v) is 5.48. The standard InChI is InChI=1S/C21H27FN2O4S2/c1-24(17-5-3-2-4-6-17)30(26,27)20-11-12-21(23-13-20)29-15-18(25)14-28-19-9-7-16(22)8-10-19/h7-13,17-18,25H,2-6,14-15H2,1H3/t18-/m1/s1. The van der Waals surface area contributed by atoms with Crippen LogP contribution in [0.2, 0.25) is 0 Å². The number of hydrogen-bond donors (Lipinski definition) is 1. The molecule has 1 aliphatic rings. The first kappa shape index (κ1) is 23.0. The average molecular weight is 455 g/mol. The molecule has 3 rings (SSSR count). The monoisotopic (exact) mass is 454 g/mol. The van der Waals surface area contributed by atoms with Crippen molar-refractivity contribution in [1.82, 2.24) is 9.29 Å². The third-order valence-electron chi connectivity index (χ3n) is 5.15. The van der Waals surface area contributed by atoms with Gasteiger partial charge in [-0.2, -0.15) is 4.31 Å². The highest BCUT2D eigenvalue weighted by atomic mass is 32.2. The van der Waals surface area contributed by atoms with E-state index in [9.17, 15) is 17.9 Å². The van der Waals surface area contributed by atoms with Crippen molar-refractivity contribution < 1.29 is 22.7 Å². The molecule has 1 aromatic heterocycles. The van der Waals surface area contributed by atoms with Gasteiger partial charge in [0.1, 0.15) is 23.1 Å². The predicted molar refractivity (Wildman–Crippen MR) is 115 cm³/mol. The number of rotatable bonds is 9. The molecule has 30 heavy (non-hydrogen) atoms. The number of sulfonamides is 1. The maximum Gasteiger partial charge on any atom is 0.244 e. The number of hydrogen-bond acceptors (Lipinski definition) is 6. The van der Waals surface area contributed by atoms with E-state index in [4.69, 9.17) is 4.74 Å². The Labute approximate surface area is 181 Å². The van der Waals surface area contributed by atoms with Crippen LogP contribution in [0.5, 0.6) is 5.75 Å². The average Bonchev–Trinajstić information content (AvgIpc) is 2.77. The zero-order valence-corrected chi connectivity index (χ0v) is 18.5. The van der Waals surface area contributed by atoms with Crippen LogP contribution in [0.1, 0.15) is 32.1 Å². The number of ether oxygens (including phenoxy) is 1. The summed E-state index contributed by atoms with van der Waals surface area (Å²) in [5.74, 6) is 0.470. The molecule has 1 heterocycles. The Kier molecular flexibility index (Phi) is 8.10. The van der Waals surface area contributed by atoms with Gasteiger partial charge in [0.15, 0.2) is 0 Å². The van der Waals surface area contributed by atoms with Crippen molar-refractivity contribution in [2.45, 2.75) is 54.2 Å². The van der Waals surface area contributed by atoms with Gasteiger partial charge in [0, 0.05) is 25.0 Å². The Morgan fingerprint density at radius 2 is 1.90 bits per heavy atom. The molecule has 1 aliphatic carbocycles. The van der Waals surface area contributed by atoms with E-state index in [2.05, 4.69) is 4.98 Å². The highest BCUT2D eigenvalue weighted by Crippen LogP contribution is 2.27. The zero-order valence-electron chi connectivity index (χ0n) is 16.9. The second-order valence-electron chi connectivity index (χ2n) is 7.37. The van der Waals surface area contributed by atoms with Crippen molar-refractivity contribution in [2.24, 2.45) is 0 Å². The lowest BCUT2D eigenvalue weighted by Crippen LogP contribution is -2.38. The highest BCUT2D eigenvalue weighted by Gasteiger charge is 2.29. The fourth-order valence-electron chi connectivity index (χ4n) is 3.36. The first-order valence-electron chi connectivity index (χ1n) is 9.99. The summed E-state index contributed by atoms with van der Waals surface area (Å²) in [4.78, 5) is 4.42. The van der Waals surface area contributed by atoms with Gasteiger partial charge < -0.3 is 9.84 Å². The molecule has 1 fully saturated rings. The Bertz CT molecular complexity index is 902. The third kappa shape index (κ3) is 6.16. The molecule has 164 valence electrons. The minimum atomic E-state index is -3.56. The van der Waals surface area contributed by atoms with E-state index in [1.54, 1.807) is 19.2 Å². The number of nitrogens with zero attached hydrogens (tertiary/aromatic N) is 2. The van der Waals surface area contributed by atoms with Crippen molar-refractivity contribution >= 4 is 21.8 Å². The second kappa shape index (κ2) is 10.6. The van der Waals surface area contributed by atoms with E-state index >= 15 is 0 Å². The number of thioether (sulfide) groups is 1. The summed E-state index contributed by atoms with van der Waals surface area (Å²) < 4.78 is 45.5. The van der Waals surface area contributed by atoms with E-state index in [1.807, 2.05) is 0 Å². The summed E-state index contributed by atoms with van der Waals surface area (Å²) in [6, 6.07) is 8.85. The molecule has 9 heteroatoms. The van der Waals surface area contributed by atoms with Gasteiger partial charge in [-0.15, -0.1) is 11.8 Å². The van der Waals surface area contributed by atoms with Crippen molar-refractivity contribution in [3.63, 3.8) is 0 Å². The van der Waals surface area contributed by atoms with Gasteiger partial charge in [-0.25, -0.2) is 17.8 Å². The van der Waals surface area contributed by atoms with Gasteiger partial charge in [0.25, 0.3) is 0 Å². The molecule has 6 nitrogen and oxygen atoms in total. The number of benzene rings is 1.